The lowest BCUT2D eigenvalue weighted by Gasteiger charge is -2.10. The van der Waals surface area contributed by atoms with Crippen LogP contribution in [-0.2, 0) is 16.1 Å². The summed E-state index contributed by atoms with van der Waals surface area (Å²) in [4.78, 5) is 24.0. The minimum atomic E-state index is -0.690. The number of amides is 2. The van der Waals surface area contributed by atoms with Crippen molar-refractivity contribution in [1.29, 1.82) is 0 Å². The first kappa shape index (κ1) is 20.5. The molecule has 0 fully saturated rings. The zero-order chi connectivity index (χ0) is 19.8. The molecule has 2 aromatic rings. The molecule has 2 aromatic carbocycles. The van der Waals surface area contributed by atoms with Crippen molar-refractivity contribution >= 4 is 17.5 Å². The molecule has 2 amide bonds. The van der Waals surface area contributed by atoms with Gasteiger partial charge in [-0.1, -0.05) is 52.0 Å². The first-order chi connectivity index (χ1) is 12.8. The number of carbonyl (C=O) groups excluding carboxylic acids is 2. The van der Waals surface area contributed by atoms with Crippen molar-refractivity contribution in [3.63, 3.8) is 0 Å². The molecule has 2 rings (SSSR count). The maximum Gasteiger partial charge on any atom is 0.313 e. The van der Waals surface area contributed by atoms with Crippen LogP contribution in [0.1, 0.15) is 44.7 Å². The van der Waals surface area contributed by atoms with Gasteiger partial charge in [0, 0.05) is 12.2 Å². The summed E-state index contributed by atoms with van der Waals surface area (Å²) in [5.41, 5.74) is 2.74. The summed E-state index contributed by atoms with van der Waals surface area (Å²) in [5.74, 6) is 0.278. The molecule has 0 radical (unpaired) electrons. The van der Waals surface area contributed by atoms with E-state index < -0.39 is 11.8 Å². The van der Waals surface area contributed by atoms with Gasteiger partial charge in [-0.2, -0.15) is 0 Å². The fourth-order valence-electron chi connectivity index (χ4n) is 2.37. The maximum atomic E-state index is 12.0. The van der Waals surface area contributed by atoms with Crippen LogP contribution in [0.4, 0.5) is 5.69 Å². The van der Waals surface area contributed by atoms with Gasteiger partial charge in [0.25, 0.3) is 0 Å². The van der Waals surface area contributed by atoms with Gasteiger partial charge in [0.05, 0.1) is 6.61 Å². The van der Waals surface area contributed by atoms with Gasteiger partial charge in [-0.25, -0.2) is 0 Å². The summed E-state index contributed by atoms with van der Waals surface area (Å²) in [6, 6.07) is 15.0. The van der Waals surface area contributed by atoms with Gasteiger partial charge in [0.1, 0.15) is 5.75 Å². The summed E-state index contributed by atoms with van der Waals surface area (Å²) in [6.07, 6.45) is 0. The van der Waals surface area contributed by atoms with E-state index in [9.17, 15) is 9.59 Å². The Morgan fingerprint density at radius 3 is 2.07 bits per heavy atom. The molecule has 0 aliphatic rings. The second-order valence-corrected chi connectivity index (χ2v) is 7.26. The molecule has 0 heterocycles. The molecule has 0 bridgehead atoms. The summed E-state index contributed by atoms with van der Waals surface area (Å²) in [5, 5.41) is 5.22. The van der Waals surface area contributed by atoms with Crippen LogP contribution in [0, 0.1) is 5.92 Å². The largest absolute Gasteiger partial charge is 0.493 e. The molecular formula is C22H28N2O3. The number of hydrogen-bond donors (Lipinski definition) is 2. The highest BCUT2D eigenvalue weighted by molar-refractivity contribution is 6.39. The molecule has 2 N–H and O–H groups in total. The molecule has 0 aliphatic heterocycles. The molecule has 27 heavy (non-hydrogen) atoms. The second-order valence-electron chi connectivity index (χ2n) is 7.26. The van der Waals surface area contributed by atoms with Crippen LogP contribution in [0.5, 0.6) is 5.75 Å². The van der Waals surface area contributed by atoms with Gasteiger partial charge >= 0.3 is 11.8 Å². The van der Waals surface area contributed by atoms with Crippen molar-refractivity contribution < 1.29 is 14.3 Å². The van der Waals surface area contributed by atoms with E-state index in [0.717, 1.165) is 11.3 Å². The molecule has 0 aliphatic carbocycles. The van der Waals surface area contributed by atoms with Crippen molar-refractivity contribution in [2.75, 3.05) is 11.9 Å². The SMILES string of the molecule is CC(C)COc1ccc(NC(=O)C(=O)NCc2ccc(C(C)C)cc2)cc1. The van der Waals surface area contributed by atoms with E-state index in [1.165, 1.54) is 5.56 Å². The van der Waals surface area contributed by atoms with Crippen molar-refractivity contribution in [2.45, 2.75) is 40.2 Å². The first-order valence-electron chi connectivity index (χ1n) is 9.26. The average molecular weight is 368 g/mol. The van der Waals surface area contributed by atoms with Crippen molar-refractivity contribution in [3.05, 3.63) is 59.7 Å². The van der Waals surface area contributed by atoms with E-state index in [2.05, 4.69) is 38.3 Å². The average Bonchev–Trinajstić information content (AvgIpc) is 2.65. The van der Waals surface area contributed by atoms with Gasteiger partial charge < -0.3 is 15.4 Å². The first-order valence-corrected chi connectivity index (χ1v) is 9.26. The highest BCUT2D eigenvalue weighted by Crippen LogP contribution is 2.17. The van der Waals surface area contributed by atoms with E-state index in [-0.39, 0.29) is 0 Å². The lowest BCUT2D eigenvalue weighted by Crippen LogP contribution is -2.34. The monoisotopic (exact) mass is 368 g/mol. The number of rotatable bonds is 7. The van der Waals surface area contributed by atoms with Crippen LogP contribution in [0.2, 0.25) is 0 Å². The topological polar surface area (TPSA) is 67.4 Å². The highest BCUT2D eigenvalue weighted by atomic mass is 16.5. The summed E-state index contributed by atoms with van der Waals surface area (Å²) < 4.78 is 5.59. The zero-order valence-corrected chi connectivity index (χ0v) is 16.4. The summed E-state index contributed by atoms with van der Waals surface area (Å²) >= 11 is 0. The minimum Gasteiger partial charge on any atom is -0.493 e. The van der Waals surface area contributed by atoms with E-state index in [1.807, 2.05) is 24.3 Å². The lowest BCUT2D eigenvalue weighted by atomic mass is 10.0. The Morgan fingerprint density at radius 1 is 0.889 bits per heavy atom. The van der Waals surface area contributed by atoms with Crippen LogP contribution < -0.4 is 15.4 Å². The smallest absolute Gasteiger partial charge is 0.313 e. The fraction of sp³-hybridized carbons (Fsp3) is 0.364. The molecule has 5 nitrogen and oxygen atoms in total. The quantitative estimate of drug-likeness (QED) is 0.723. The third-order valence-corrected chi connectivity index (χ3v) is 4.00. The zero-order valence-electron chi connectivity index (χ0n) is 16.4. The van der Waals surface area contributed by atoms with Gasteiger partial charge in [-0.3, -0.25) is 9.59 Å². The normalized spacial score (nSPS) is 10.7. The predicted molar refractivity (Wildman–Crippen MR) is 108 cm³/mol. The molecule has 0 saturated carbocycles. The molecule has 0 spiro atoms. The Balaban J connectivity index is 1.82. The number of anilines is 1. The Morgan fingerprint density at radius 2 is 1.52 bits per heavy atom. The molecule has 0 saturated heterocycles. The van der Waals surface area contributed by atoms with E-state index in [0.29, 0.717) is 30.7 Å². The van der Waals surface area contributed by atoms with Crippen LogP contribution >= 0.6 is 0 Å². The van der Waals surface area contributed by atoms with E-state index >= 15 is 0 Å². The van der Waals surface area contributed by atoms with Gasteiger partial charge in [0.15, 0.2) is 0 Å². The number of benzene rings is 2. The Bertz CT molecular complexity index is 750. The molecule has 5 heteroatoms. The van der Waals surface area contributed by atoms with Crippen LogP contribution in [0.3, 0.4) is 0 Å². The number of hydrogen-bond acceptors (Lipinski definition) is 3. The van der Waals surface area contributed by atoms with Crippen LogP contribution in [0.25, 0.3) is 0 Å². The molecular weight excluding hydrogens is 340 g/mol. The summed E-state index contributed by atoms with van der Waals surface area (Å²) in [7, 11) is 0. The van der Waals surface area contributed by atoms with Gasteiger partial charge in [-0.15, -0.1) is 0 Å². The van der Waals surface area contributed by atoms with Crippen LogP contribution in [-0.4, -0.2) is 18.4 Å². The fourth-order valence-corrected chi connectivity index (χ4v) is 2.37. The standard InChI is InChI=1S/C22H28N2O3/c1-15(2)14-27-20-11-9-19(10-12-20)24-22(26)21(25)23-13-17-5-7-18(8-6-17)16(3)4/h5-12,15-16H,13-14H2,1-4H3,(H,23,25)(H,24,26). The molecule has 0 aromatic heterocycles. The number of nitrogens with one attached hydrogen (secondary N) is 2. The van der Waals surface area contributed by atoms with Crippen LogP contribution in [0.15, 0.2) is 48.5 Å². The number of ether oxygens (including phenoxy) is 1. The van der Waals surface area contributed by atoms with Gasteiger partial charge in [0.2, 0.25) is 0 Å². The minimum absolute atomic E-state index is 0.312. The molecule has 144 valence electrons. The predicted octanol–water partition coefficient (Wildman–Crippen LogP) is 4.10. The summed E-state index contributed by atoms with van der Waals surface area (Å²) in [6.45, 7) is 9.35. The van der Waals surface area contributed by atoms with Crippen molar-refractivity contribution in [2.24, 2.45) is 5.92 Å². The third kappa shape index (κ3) is 6.77. The molecule has 0 unspecified atom stereocenters. The third-order valence-electron chi connectivity index (χ3n) is 4.00. The molecule has 0 atom stereocenters. The van der Waals surface area contributed by atoms with Crippen molar-refractivity contribution in [1.82, 2.24) is 5.32 Å². The van der Waals surface area contributed by atoms with E-state index in [1.54, 1.807) is 24.3 Å². The maximum absolute atomic E-state index is 12.0. The van der Waals surface area contributed by atoms with Gasteiger partial charge in [-0.05, 0) is 47.2 Å². The van der Waals surface area contributed by atoms with E-state index in [4.69, 9.17) is 4.74 Å². The Kier molecular flexibility index (Phi) is 7.41. The number of carbonyl (C=O) groups is 2. The highest BCUT2D eigenvalue weighted by Gasteiger charge is 2.13. The Labute approximate surface area is 161 Å². The Hall–Kier alpha value is -2.82. The van der Waals surface area contributed by atoms with Crippen molar-refractivity contribution in [3.8, 4) is 5.75 Å². The second kappa shape index (κ2) is 9.76. The lowest BCUT2D eigenvalue weighted by molar-refractivity contribution is -0.136.